The molecule has 0 rings (SSSR count). The zero-order valence-electron chi connectivity index (χ0n) is 13.1. The summed E-state index contributed by atoms with van der Waals surface area (Å²) in [6, 6.07) is 0.0112. The number of hydrogen-bond donors (Lipinski definition) is 1. The van der Waals surface area contributed by atoms with Gasteiger partial charge in [-0.15, -0.1) is 0 Å². The molecule has 0 spiro atoms. The van der Waals surface area contributed by atoms with Gasteiger partial charge in [-0.3, -0.25) is 0 Å². The lowest BCUT2D eigenvalue weighted by atomic mass is 9.86. The summed E-state index contributed by atoms with van der Waals surface area (Å²) in [5.41, 5.74) is 0.162. The minimum Gasteiger partial charge on any atom is -0.212 e. The summed E-state index contributed by atoms with van der Waals surface area (Å²) >= 11 is 0. The topological polar surface area (TPSA) is 46.2 Å². The summed E-state index contributed by atoms with van der Waals surface area (Å²) in [7, 11) is -3.15. The summed E-state index contributed by atoms with van der Waals surface area (Å²) < 4.78 is 26.9. The first kappa shape index (κ1) is 17.9. The highest BCUT2D eigenvalue weighted by Gasteiger charge is 2.27. The van der Waals surface area contributed by atoms with Gasteiger partial charge in [-0.1, -0.05) is 48.5 Å². The van der Waals surface area contributed by atoms with Crippen LogP contribution in [0.25, 0.3) is 0 Å². The van der Waals surface area contributed by atoms with Gasteiger partial charge in [0, 0.05) is 6.04 Å². The smallest absolute Gasteiger partial charge is 0.211 e. The van der Waals surface area contributed by atoms with E-state index in [9.17, 15) is 8.42 Å². The van der Waals surface area contributed by atoms with Crippen LogP contribution in [0.1, 0.15) is 67.7 Å². The number of sulfonamides is 1. The minimum atomic E-state index is -3.15. The van der Waals surface area contributed by atoms with Gasteiger partial charge in [0.05, 0.1) is 5.75 Å². The van der Waals surface area contributed by atoms with Crippen LogP contribution in [-0.2, 0) is 10.0 Å². The van der Waals surface area contributed by atoms with E-state index in [1.165, 1.54) is 0 Å². The lowest BCUT2D eigenvalue weighted by Gasteiger charge is -2.30. The Balaban J connectivity index is 4.39. The molecule has 1 atom stereocenters. The summed E-state index contributed by atoms with van der Waals surface area (Å²) in [5.74, 6) is 0.233. The minimum absolute atomic E-state index is 0.0112. The SMILES string of the molecule is CC[C@@H](NS(=O)(=O)CCCC(C)(C)C)C(C)(C)C. The first-order chi connectivity index (χ1) is 7.87. The van der Waals surface area contributed by atoms with E-state index in [-0.39, 0.29) is 22.6 Å². The molecule has 110 valence electrons. The van der Waals surface area contributed by atoms with Gasteiger partial charge in [0.25, 0.3) is 0 Å². The van der Waals surface area contributed by atoms with E-state index in [4.69, 9.17) is 0 Å². The Labute approximate surface area is 114 Å². The average molecular weight is 277 g/mol. The summed E-state index contributed by atoms with van der Waals surface area (Å²) in [6.45, 7) is 14.6. The fourth-order valence-electron chi connectivity index (χ4n) is 1.94. The van der Waals surface area contributed by atoms with Crippen LogP contribution in [0.5, 0.6) is 0 Å². The predicted octanol–water partition coefficient (Wildman–Crippen LogP) is 3.56. The van der Waals surface area contributed by atoms with Crippen LogP contribution in [-0.4, -0.2) is 20.2 Å². The third kappa shape index (κ3) is 8.09. The van der Waals surface area contributed by atoms with Crippen LogP contribution in [0.3, 0.4) is 0 Å². The van der Waals surface area contributed by atoms with E-state index < -0.39 is 10.0 Å². The predicted molar refractivity (Wildman–Crippen MR) is 79.1 cm³/mol. The van der Waals surface area contributed by atoms with Gasteiger partial charge < -0.3 is 0 Å². The summed E-state index contributed by atoms with van der Waals surface area (Å²) in [4.78, 5) is 0. The summed E-state index contributed by atoms with van der Waals surface area (Å²) in [5, 5.41) is 0. The third-order valence-electron chi connectivity index (χ3n) is 3.12. The van der Waals surface area contributed by atoms with Crippen molar-refractivity contribution in [3.8, 4) is 0 Å². The van der Waals surface area contributed by atoms with Gasteiger partial charge in [0.15, 0.2) is 0 Å². The van der Waals surface area contributed by atoms with Crippen molar-refractivity contribution < 1.29 is 8.42 Å². The molecule has 18 heavy (non-hydrogen) atoms. The average Bonchev–Trinajstić information content (AvgIpc) is 2.09. The molecule has 0 aromatic carbocycles. The Bertz CT molecular complexity index is 334. The monoisotopic (exact) mass is 277 g/mol. The normalized spacial score (nSPS) is 15.7. The molecule has 0 bridgehead atoms. The van der Waals surface area contributed by atoms with E-state index in [1.807, 2.05) is 6.92 Å². The highest BCUT2D eigenvalue weighted by Crippen LogP contribution is 2.23. The van der Waals surface area contributed by atoms with E-state index in [0.717, 1.165) is 19.3 Å². The lowest BCUT2D eigenvalue weighted by molar-refractivity contribution is 0.291. The highest BCUT2D eigenvalue weighted by atomic mass is 32.2. The van der Waals surface area contributed by atoms with Gasteiger partial charge in [-0.05, 0) is 30.1 Å². The Morgan fingerprint density at radius 3 is 1.89 bits per heavy atom. The van der Waals surface area contributed by atoms with Crippen LogP contribution >= 0.6 is 0 Å². The van der Waals surface area contributed by atoms with Crippen molar-refractivity contribution in [1.82, 2.24) is 4.72 Å². The molecule has 0 unspecified atom stereocenters. The van der Waals surface area contributed by atoms with Gasteiger partial charge in [-0.25, -0.2) is 13.1 Å². The molecule has 0 amide bonds. The first-order valence-corrected chi connectivity index (χ1v) is 8.52. The van der Waals surface area contributed by atoms with Gasteiger partial charge in [0.1, 0.15) is 0 Å². The van der Waals surface area contributed by atoms with Crippen molar-refractivity contribution in [2.24, 2.45) is 10.8 Å². The quantitative estimate of drug-likeness (QED) is 0.807. The molecule has 0 aromatic heterocycles. The molecule has 0 aromatic rings. The van der Waals surface area contributed by atoms with Crippen molar-refractivity contribution in [2.75, 3.05) is 5.75 Å². The molecule has 0 saturated carbocycles. The second-order valence-corrected chi connectivity index (χ2v) is 9.30. The van der Waals surface area contributed by atoms with Crippen LogP contribution in [0, 0.1) is 10.8 Å². The maximum absolute atomic E-state index is 12.0. The van der Waals surface area contributed by atoms with Crippen LogP contribution < -0.4 is 4.72 Å². The van der Waals surface area contributed by atoms with Gasteiger partial charge in [0.2, 0.25) is 10.0 Å². The van der Waals surface area contributed by atoms with Crippen molar-refractivity contribution in [2.45, 2.75) is 73.8 Å². The zero-order chi connectivity index (χ0) is 14.6. The summed E-state index contributed by atoms with van der Waals surface area (Å²) in [6.07, 6.45) is 2.47. The molecule has 0 heterocycles. The van der Waals surface area contributed by atoms with Gasteiger partial charge in [-0.2, -0.15) is 0 Å². The third-order valence-corrected chi connectivity index (χ3v) is 4.59. The van der Waals surface area contributed by atoms with Crippen molar-refractivity contribution in [3.05, 3.63) is 0 Å². The Morgan fingerprint density at radius 1 is 1.06 bits per heavy atom. The number of rotatable bonds is 6. The number of nitrogens with one attached hydrogen (secondary N) is 1. The van der Waals surface area contributed by atoms with Crippen LogP contribution in [0.2, 0.25) is 0 Å². The molecule has 3 nitrogen and oxygen atoms in total. The largest absolute Gasteiger partial charge is 0.212 e. The van der Waals surface area contributed by atoms with Crippen molar-refractivity contribution in [1.29, 1.82) is 0 Å². The molecule has 0 fully saturated rings. The Kier molecular flexibility index (Phi) is 6.34. The van der Waals surface area contributed by atoms with Crippen LogP contribution in [0.4, 0.5) is 0 Å². The first-order valence-electron chi connectivity index (χ1n) is 6.87. The van der Waals surface area contributed by atoms with Crippen molar-refractivity contribution >= 4 is 10.0 Å². The van der Waals surface area contributed by atoms with Crippen molar-refractivity contribution in [3.63, 3.8) is 0 Å². The molecule has 0 aliphatic heterocycles. The molecule has 0 radical (unpaired) electrons. The Morgan fingerprint density at radius 2 is 1.56 bits per heavy atom. The van der Waals surface area contributed by atoms with E-state index in [1.54, 1.807) is 0 Å². The molecular weight excluding hydrogens is 246 g/mol. The number of hydrogen-bond acceptors (Lipinski definition) is 2. The zero-order valence-corrected chi connectivity index (χ0v) is 13.9. The highest BCUT2D eigenvalue weighted by molar-refractivity contribution is 7.89. The maximum atomic E-state index is 12.0. The molecule has 0 aliphatic carbocycles. The lowest BCUT2D eigenvalue weighted by Crippen LogP contribution is -2.44. The molecule has 0 saturated heterocycles. The Hall–Kier alpha value is -0.0900. The van der Waals surface area contributed by atoms with E-state index >= 15 is 0 Å². The van der Waals surface area contributed by atoms with E-state index in [0.29, 0.717) is 0 Å². The van der Waals surface area contributed by atoms with Crippen LogP contribution in [0.15, 0.2) is 0 Å². The second-order valence-electron chi connectivity index (χ2n) is 7.43. The second kappa shape index (κ2) is 6.38. The molecule has 4 heteroatoms. The molecule has 1 N–H and O–H groups in total. The standard InChI is InChI=1S/C14H31NO2S/c1-8-12(14(5,6)7)15-18(16,17)11-9-10-13(2,3)4/h12,15H,8-11H2,1-7H3/t12-/m1/s1. The van der Waals surface area contributed by atoms with Gasteiger partial charge >= 0.3 is 0 Å². The molecule has 0 aliphatic rings. The van der Waals surface area contributed by atoms with E-state index in [2.05, 4.69) is 46.3 Å². The maximum Gasteiger partial charge on any atom is 0.211 e. The fraction of sp³-hybridized carbons (Fsp3) is 1.00. The fourth-order valence-corrected chi connectivity index (χ4v) is 3.54. The molecular formula is C14H31NO2S.